The van der Waals surface area contributed by atoms with Crippen LogP contribution in [0, 0.1) is 12.8 Å². The van der Waals surface area contributed by atoms with Gasteiger partial charge in [-0.25, -0.2) is 0 Å². The molecular formula is C19H26N2O2. The van der Waals surface area contributed by atoms with E-state index in [1.165, 1.54) is 37.1 Å². The Bertz CT molecular complexity index is 578. The number of rotatable bonds is 3. The lowest BCUT2D eigenvalue weighted by Crippen LogP contribution is -2.60. The zero-order chi connectivity index (χ0) is 16.0. The second kappa shape index (κ2) is 5.91. The van der Waals surface area contributed by atoms with Gasteiger partial charge in [-0.3, -0.25) is 9.69 Å². The average Bonchev–Trinajstić information content (AvgIpc) is 3.00. The number of carbonyl (C=O) groups is 1. The highest BCUT2D eigenvalue weighted by atomic mass is 16.3. The van der Waals surface area contributed by atoms with E-state index >= 15 is 0 Å². The number of aliphatic hydroxyl groups is 1. The molecular weight excluding hydrogens is 288 g/mol. The molecule has 4 nitrogen and oxygen atoms in total. The summed E-state index contributed by atoms with van der Waals surface area (Å²) >= 11 is 0. The smallest absolute Gasteiger partial charge is 0.225 e. The maximum atomic E-state index is 12.6. The number of benzene rings is 1. The van der Waals surface area contributed by atoms with Crippen LogP contribution in [0.5, 0.6) is 0 Å². The van der Waals surface area contributed by atoms with Crippen molar-refractivity contribution in [2.45, 2.75) is 44.2 Å². The minimum Gasteiger partial charge on any atom is -0.396 e. The molecule has 4 aliphatic heterocycles. The van der Waals surface area contributed by atoms with E-state index in [1.807, 2.05) is 0 Å². The third-order valence-electron chi connectivity index (χ3n) is 6.15. The van der Waals surface area contributed by atoms with Crippen molar-refractivity contribution in [2.24, 2.45) is 5.92 Å². The van der Waals surface area contributed by atoms with Gasteiger partial charge in [0.15, 0.2) is 0 Å². The first-order valence-corrected chi connectivity index (χ1v) is 8.90. The van der Waals surface area contributed by atoms with Gasteiger partial charge in [0.25, 0.3) is 0 Å². The number of hydrogen-bond acceptors (Lipinski definition) is 3. The molecule has 4 heterocycles. The highest BCUT2D eigenvalue weighted by Crippen LogP contribution is 2.46. The number of hydrogen-bond donors (Lipinski definition) is 1. The lowest BCUT2D eigenvalue weighted by Gasteiger charge is -2.51. The van der Waals surface area contributed by atoms with Crippen molar-refractivity contribution in [2.75, 3.05) is 26.2 Å². The summed E-state index contributed by atoms with van der Waals surface area (Å²) in [5.41, 5.74) is 2.64. The molecule has 2 bridgehead atoms. The van der Waals surface area contributed by atoms with Crippen molar-refractivity contribution in [3.8, 4) is 0 Å². The highest BCUT2D eigenvalue weighted by Gasteiger charge is 2.54. The molecule has 0 radical (unpaired) electrons. The van der Waals surface area contributed by atoms with Crippen LogP contribution >= 0.6 is 0 Å². The van der Waals surface area contributed by atoms with Crippen LogP contribution < -0.4 is 0 Å². The molecule has 0 aliphatic carbocycles. The van der Waals surface area contributed by atoms with E-state index in [2.05, 4.69) is 41.0 Å². The molecule has 1 N–H and O–H groups in total. The number of carbonyl (C=O) groups excluding carboxylic acids is 1. The zero-order valence-corrected chi connectivity index (χ0v) is 13.8. The minimum absolute atomic E-state index is 0.0453. The Kier molecular flexibility index (Phi) is 3.90. The zero-order valence-electron chi connectivity index (χ0n) is 13.8. The molecule has 23 heavy (non-hydrogen) atoms. The van der Waals surface area contributed by atoms with Crippen LogP contribution in [0.2, 0.25) is 0 Å². The van der Waals surface area contributed by atoms with Gasteiger partial charge in [-0.1, -0.05) is 29.8 Å². The van der Waals surface area contributed by atoms with Crippen LogP contribution in [0.3, 0.4) is 0 Å². The molecule has 124 valence electrons. The number of aliphatic hydroxyl groups excluding tert-OH is 1. The van der Waals surface area contributed by atoms with Crippen LogP contribution in [-0.2, 0) is 4.79 Å². The van der Waals surface area contributed by atoms with Gasteiger partial charge in [-0.2, -0.15) is 0 Å². The van der Waals surface area contributed by atoms with E-state index < -0.39 is 0 Å². The standard InChI is InChI=1S/C19H26N2O2/c1-13-2-4-14(5-3-13)16-12-21(17(23)8-11-22)18-15-6-9-20(10-7-15)19(16)18/h2-5,15-16,18-19,22H,6-12H2,1H3/t16-,18-,19-/m1/s1. The largest absolute Gasteiger partial charge is 0.396 e. The monoisotopic (exact) mass is 314 g/mol. The normalized spacial score (nSPS) is 35.4. The summed E-state index contributed by atoms with van der Waals surface area (Å²) in [5.74, 6) is 1.18. The third-order valence-corrected chi connectivity index (χ3v) is 6.15. The van der Waals surface area contributed by atoms with E-state index in [1.54, 1.807) is 0 Å². The second-order valence-electron chi connectivity index (χ2n) is 7.39. The molecule has 0 spiro atoms. The van der Waals surface area contributed by atoms with Gasteiger partial charge in [-0.05, 0) is 44.3 Å². The van der Waals surface area contributed by atoms with Crippen LogP contribution in [0.25, 0.3) is 0 Å². The summed E-state index contributed by atoms with van der Waals surface area (Å²) in [6.07, 6.45) is 2.69. The van der Waals surface area contributed by atoms with E-state index in [0.29, 0.717) is 23.9 Å². The predicted octanol–water partition coefficient (Wildman–Crippen LogP) is 1.77. The molecule has 1 aromatic carbocycles. The molecule has 0 aromatic heterocycles. The predicted molar refractivity (Wildman–Crippen MR) is 89.2 cm³/mol. The third kappa shape index (κ3) is 2.48. The van der Waals surface area contributed by atoms with E-state index in [4.69, 9.17) is 0 Å². The summed E-state index contributed by atoms with van der Waals surface area (Å²) in [5, 5.41) is 9.18. The summed E-state index contributed by atoms with van der Waals surface area (Å²) in [4.78, 5) is 17.3. The molecule has 1 amide bonds. The van der Waals surface area contributed by atoms with Crippen LogP contribution in [-0.4, -0.2) is 59.1 Å². The summed E-state index contributed by atoms with van der Waals surface area (Å²) < 4.78 is 0. The summed E-state index contributed by atoms with van der Waals surface area (Å²) in [6, 6.07) is 9.65. The number of amides is 1. The average molecular weight is 314 g/mol. The number of fused-ring (bicyclic) bond motifs is 2. The van der Waals surface area contributed by atoms with Gasteiger partial charge in [-0.15, -0.1) is 0 Å². The van der Waals surface area contributed by atoms with E-state index in [-0.39, 0.29) is 18.9 Å². The van der Waals surface area contributed by atoms with Crippen LogP contribution in [0.4, 0.5) is 0 Å². The molecule has 4 heteroatoms. The molecule has 1 aromatic rings. The van der Waals surface area contributed by atoms with Crippen LogP contribution in [0.15, 0.2) is 24.3 Å². The fourth-order valence-corrected chi connectivity index (χ4v) is 5.05. The Hall–Kier alpha value is -1.39. The fraction of sp³-hybridized carbons (Fsp3) is 0.632. The van der Waals surface area contributed by atoms with Gasteiger partial charge in [0.2, 0.25) is 5.91 Å². The molecule has 0 saturated carbocycles. The van der Waals surface area contributed by atoms with Crippen LogP contribution in [0.1, 0.15) is 36.3 Å². The van der Waals surface area contributed by atoms with Gasteiger partial charge >= 0.3 is 0 Å². The van der Waals surface area contributed by atoms with Crippen molar-refractivity contribution in [3.63, 3.8) is 0 Å². The Balaban J connectivity index is 1.67. The van der Waals surface area contributed by atoms with Crippen molar-refractivity contribution < 1.29 is 9.90 Å². The number of piperidine rings is 3. The van der Waals surface area contributed by atoms with Gasteiger partial charge in [0, 0.05) is 24.9 Å². The first kappa shape index (κ1) is 15.2. The first-order valence-electron chi connectivity index (χ1n) is 8.90. The number of nitrogens with zero attached hydrogens (tertiary/aromatic N) is 2. The Morgan fingerprint density at radius 2 is 1.87 bits per heavy atom. The highest BCUT2D eigenvalue weighted by molar-refractivity contribution is 5.77. The van der Waals surface area contributed by atoms with Crippen molar-refractivity contribution in [1.29, 1.82) is 0 Å². The van der Waals surface area contributed by atoms with Gasteiger partial charge < -0.3 is 10.0 Å². The van der Waals surface area contributed by atoms with E-state index in [9.17, 15) is 9.90 Å². The molecule has 5 rings (SSSR count). The molecule has 3 atom stereocenters. The molecule has 0 unspecified atom stereocenters. The van der Waals surface area contributed by atoms with Gasteiger partial charge in [0.05, 0.1) is 12.6 Å². The Morgan fingerprint density at radius 3 is 2.52 bits per heavy atom. The molecule has 4 saturated heterocycles. The van der Waals surface area contributed by atoms with Gasteiger partial charge in [0.1, 0.15) is 0 Å². The number of likely N-dealkylation sites (tertiary alicyclic amines) is 1. The Morgan fingerprint density at radius 1 is 1.17 bits per heavy atom. The minimum atomic E-state index is -0.0453. The first-order chi connectivity index (χ1) is 11.2. The summed E-state index contributed by atoms with van der Waals surface area (Å²) in [7, 11) is 0. The molecule has 4 aliphatic rings. The maximum Gasteiger partial charge on any atom is 0.225 e. The second-order valence-corrected chi connectivity index (χ2v) is 7.39. The maximum absolute atomic E-state index is 12.6. The van der Waals surface area contributed by atoms with Crippen molar-refractivity contribution in [1.82, 2.24) is 9.80 Å². The summed E-state index contributed by atoms with van der Waals surface area (Å²) in [6.45, 7) is 5.23. The lowest BCUT2D eigenvalue weighted by atomic mass is 9.75. The topological polar surface area (TPSA) is 43.8 Å². The lowest BCUT2D eigenvalue weighted by molar-refractivity contribution is -0.136. The van der Waals surface area contributed by atoms with Crippen molar-refractivity contribution in [3.05, 3.63) is 35.4 Å². The SMILES string of the molecule is Cc1ccc([C@H]2CN(C(=O)CCO)[C@@H]3C4CCN(CC4)[C@H]23)cc1. The Labute approximate surface area is 138 Å². The quantitative estimate of drug-likeness (QED) is 0.925. The number of aryl methyl sites for hydroxylation is 1. The fourth-order valence-electron chi connectivity index (χ4n) is 5.05. The van der Waals surface area contributed by atoms with Crippen molar-refractivity contribution >= 4 is 5.91 Å². The van der Waals surface area contributed by atoms with E-state index in [0.717, 1.165) is 6.54 Å². The molecule has 4 fully saturated rings.